The van der Waals surface area contributed by atoms with E-state index >= 15 is 0 Å². The fraction of sp³-hybridized carbons (Fsp3) is 0.571. The summed E-state index contributed by atoms with van der Waals surface area (Å²) in [4.78, 5) is 14.3. The lowest BCUT2D eigenvalue weighted by molar-refractivity contribution is -0.130. The summed E-state index contributed by atoms with van der Waals surface area (Å²) in [6.45, 7) is 1.96. The number of nitrogens with zero attached hydrogens (tertiary/aromatic N) is 3. The number of para-hydroxylation sites is 1. The maximum Gasteiger partial charge on any atom is 0.315 e. The van der Waals surface area contributed by atoms with Crippen molar-refractivity contribution in [3.8, 4) is 5.75 Å². The van der Waals surface area contributed by atoms with E-state index in [1.54, 1.807) is 0 Å². The van der Waals surface area contributed by atoms with E-state index in [2.05, 4.69) is 15.5 Å². The lowest BCUT2D eigenvalue weighted by Gasteiger charge is -2.33. The highest BCUT2D eigenvalue weighted by Gasteiger charge is 2.45. The second-order valence-electron chi connectivity index (χ2n) is 8.40. The van der Waals surface area contributed by atoms with E-state index in [4.69, 9.17) is 9.15 Å². The molecule has 3 fully saturated rings. The number of nitrogens with one attached hydrogen (secondary N) is 1. The van der Waals surface area contributed by atoms with Crippen molar-refractivity contribution < 1.29 is 13.9 Å². The van der Waals surface area contributed by atoms with E-state index in [0.717, 1.165) is 44.5 Å². The second-order valence-corrected chi connectivity index (χ2v) is 8.40. The lowest BCUT2D eigenvalue weighted by atomic mass is 9.82. The molecule has 1 saturated heterocycles. The third kappa shape index (κ3) is 3.70. The largest absolute Gasteiger partial charge is 0.490 e. The van der Waals surface area contributed by atoms with E-state index in [9.17, 15) is 4.79 Å². The Morgan fingerprint density at radius 1 is 1.14 bits per heavy atom. The Morgan fingerprint density at radius 2 is 1.89 bits per heavy atom. The Labute approximate surface area is 164 Å². The zero-order valence-corrected chi connectivity index (χ0v) is 16.0. The number of aromatic nitrogens is 2. The molecule has 1 N–H and O–H groups in total. The number of hydrogen-bond acceptors (Lipinski definition) is 6. The molecule has 0 atom stereocenters. The van der Waals surface area contributed by atoms with Gasteiger partial charge in [-0.2, -0.15) is 0 Å². The number of amides is 1. The smallest absolute Gasteiger partial charge is 0.315 e. The van der Waals surface area contributed by atoms with Crippen LogP contribution < -0.4 is 10.1 Å². The quantitative estimate of drug-likeness (QED) is 0.826. The molecular weight excluding hydrogens is 356 g/mol. The fourth-order valence-corrected chi connectivity index (χ4v) is 4.20. The minimum absolute atomic E-state index is 0.107. The van der Waals surface area contributed by atoms with E-state index < -0.39 is 0 Å². The number of carbonyl (C=O) groups excluding carboxylic acids is 1. The summed E-state index contributed by atoms with van der Waals surface area (Å²) in [7, 11) is 0. The van der Waals surface area contributed by atoms with Crippen molar-refractivity contribution in [1.29, 1.82) is 0 Å². The molecule has 1 aromatic carbocycles. The van der Waals surface area contributed by atoms with Crippen LogP contribution >= 0.6 is 0 Å². The third-order valence-corrected chi connectivity index (χ3v) is 6.46. The van der Waals surface area contributed by atoms with E-state index in [-0.39, 0.29) is 24.5 Å². The molecule has 1 amide bonds. The number of hydrogen-bond donors (Lipinski definition) is 1. The lowest BCUT2D eigenvalue weighted by Crippen LogP contribution is -2.41. The van der Waals surface area contributed by atoms with Gasteiger partial charge in [0.25, 0.3) is 0 Å². The first-order valence-corrected chi connectivity index (χ1v) is 10.3. The summed E-state index contributed by atoms with van der Waals surface area (Å²) >= 11 is 0. The Hall–Kier alpha value is -2.57. The third-order valence-electron chi connectivity index (χ3n) is 6.46. The molecule has 2 saturated carbocycles. The van der Waals surface area contributed by atoms with Crippen LogP contribution in [0.15, 0.2) is 34.7 Å². The molecule has 2 heterocycles. The molecule has 1 spiro atoms. The highest BCUT2D eigenvalue weighted by atomic mass is 16.5. The van der Waals surface area contributed by atoms with Crippen molar-refractivity contribution in [2.24, 2.45) is 5.41 Å². The molecule has 0 radical (unpaired) electrons. The van der Waals surface area contributed by atoms with Crippen LogP contribution in [-0.2, 0) is 4.79 Å². The van der Waals surface area contributed by atoms with Gasteiger partial charge in [-0.15, -0.1) is 5.10 Å². The summed E-state index contributed by atoms with van der Waals surface area (Å²) < 4.78 is 11.6. The van der Waals surface area contributed by atoms with Crippen molar-refractivity contribution in [2.75, 3.05) is 25.0 Å². The van der Waals surface area contributed by atoms with Gasteiger partial charge in [0.05, 0.1) is 6.54 Å². The predicted octanol–water partition coefficient (Wildman–Crippen LogP) is 3.21. The molecule has 1 aromatic heterocycles. The SMILES string of the molecule is O=C(CNc1nnc(C2CC(Oc3ccccc3)C2)o1)N1CCC2(CC1)CC2. The fourth-order valence-electron chi connectivity index (χ4n) is 4.20. The van der Waals surface area contributed by atoms with Gasteiger partial charge >= 0.3 is 6.01 Å². The van der Waals surface area contributed by atoms with E-state index in [1.165, 1.54) is 12.8 Å². The maximum atomic E-state index is 12.4. The molecule has 7 heteroatoms. The number of anilines is 1. The van der Waals surface area contributed by atoms with Crippen molar-refractivity contribution in [3.05, 3.63) is 36.2 Å². The van der Waals surface area contributed by atoms with Gasteiger partial charge in [-0.25, -0.2) is 0 Å². The van der Waals surface area contributed by atoms with Gasteiger partial charge in [0.1, 0.15) is 11.9 Å². The van der Waals surface area contributed by atoms with Crippen LogP contribution in [0.4, 0.5) is 6.01 Å². The zero-order valence-electron chi connectivity index (χ0n) is 16.0. The topological polar surface area (TPSA) is 80.5 Å². The zero-order chi connectivity index (χ0) is 19.0. The number of carbonyl (C=O) groups is 1. The Kier molecular flexibility index (Phi) is 4.45. The van der Waals surface area contributed by atoms with Gasteiger partial charge in [0.15, 0.2) is 0 Å². The molecule has 0 unspecified atom stereocenters. The summed E-state index contributed by atoms with van der Waals surface area (Å²) in [5, 5.41) is 11.2. The van der Waals surface area contributed by atoms with Crippen LogP contribution in [-0.4, -0.2) is 46.7 Å². The number of benzene rings is 1. The highest BCUT2D eigenvalue weighted by molar-refractivity contribution is 5.80. The predicted molar refractivity (Wildman–Crippen MR) is 103 cm³/mol. The van der Waals surface area contributed by atoms with Crippen LogP contribution in [0, 0.1) is 5.41 Å². The molecule has 1 aliphatic heterocycles. The van der Waals surface area contributed by atoms with Gasteiger partial charge < -0.3 is 19.4 Å². The van der Waals surface area contributed by atoms with Gasteiger partial charge in [-0.3, -0.25) is 4.79 Å². The van der Waals surface area contributed by atoms with Crippen molar-refractivity contribution in [2.45, 2.75) is 50.5 Å². The molecule has 7 nitrogen and oxygen atoms in total. The molecule has 2 aliphatic carbocycles. The van der Waals surface area contributed by atoms with Crippen LogP contribution in [0.2, 0.25) is 0 Å². The van der Waals surface area contributed by atoms with Gasteiger partial charge in [0.2, 0.25) is 11.8 Å². The standard InChI is InChI=1S/C21H26N4O3/c26-18(25-10-8-21(6-7-21)9-11-25)14-22-20-24-23-19(28-20)15-12-17(13-15)27-16-4-2-1-3-5-16/h1-5,15,17H,6-14H2,(H,22,24). The van der Waals surface area contributed by atoms with Crippen LogP contribution in [0.3, 0.4) is 0 Å². The summed E-state index contributed by atoms with van der Waals surface area (Å²) in [6, 6.07) is 10.2. The first kappa shape index (κ1) is 17.5. The molecule has 0 bridgehead atoms. The molecule has 28 heavy (non-hydrogen) atoms. The minimum atomic E-state index is 0.107. The van der Waals surface area contributed by atoms with Gasteiger partial charge in [-0.1, -0.05) is 23.3 Å². The number of ether oxygens (including phenoxy) is 1. The van der Waals surface area contributed by atoms with Crippen LogP contribution in [0.1, 0.15) is 50.3 Å². The van der Waals surface area contributed by atoms with Gasteiger partial charge in [-0.05, 0) is 56.1 Å². The van der Waals surface area contributed by atoms with Crippen molar-refractivity contribution >= 4 is 11.9 Å². The first-order chi connectivity index (χ1) is 13.7. The highest BCUT2D eigenvalue weighted by Crippen LogP contribution is 2.53. The monoisotopic (exact) mass is 382 g/mol. The number of rotatable bonds is 6. The second kappa shape index (κ2) is 7.11. The Balaban J connectivity index is 1.06. The summed E-state index contributed by atoms with van der Waals surface area (Å²) in [6.07, 6.45) is 6.91. The van der Waals surface area contributed by atoms with E-state index in [0.29, 0.717) is 17.3 Å². The Bertz CT molecular complexity index is 817. The normalized spacial score (nSPS) is 25.2. The summed E-state index contributed by atoms with van der Waals surface area (Å²) in [5.41, 5.74) is 0.580. The van der Waals surface area contributed by atoms with Crippen molar-refractivity contribution in [3.63, 3.8) is 0 Å². The number of piperidine rings is 1. The van der Waals surface area contributed by atoms with Gasteiger partial charge in [0, 0.05) is 19.0 Å². The van der Waals surface area contributed by atoms with Crippen LogP contribution in [0.25, 0.3) is 0 Å². The average molecular weight is 382 g/mol. The van der Waals surface area contributed by atoms with Crippen molar-refractivity contribution in [1.82, 2.24) is 15.1 Å². The minimum Gasteiger partial charge on any atom is -0.490 e. The first-order valence-electron chi connectivity index (χ1n) is 10.3. The van der Waals surface area contributed by atoms with E-state index in [1.807, 2.05) is 35.2 Å². The molecule has 5 rings (SSSR count). The Morgan fingerprint density at radius 3 is 2.61 bits per heavy atom. The molecule has 2 aromatic rings. The van der Waals surface area contributed by atoms with Crippen LogP contribution in [0.5, 0.6) is 5.75 Å². The molecule has 3 aliphatic rings. The average Bonchev–Trinajstić information content (AvgIpc) is 3.28. The molecule has 148 valence electrons. The molecular formula is C21H26N4O3. The number of likely N-dealkylation sites (tertiary alicyclic amines) is 1. The summed E-state index contributed by atoms with van der Waals surface area (Å²) in [5.74, 6) is 1.85. The maximum absolute atomic E-state index is 12.4.